The highest BCUT2D eigenvalue weighted by molar-refractivity contribution is 9.10. The van der Waals surface area contributed by atoms with Crippen LogP contribution >= 0.6 is 27.3 Å². The smallest absolute Gasteiger partial charge is 0.120 e. The van der Waals surface area contributed by atoms with Crippen LogP contribution in [0.4, 0.5) is 0 Å². The maximum atomic E-state index is 5.86. The van der Waals surface area contributed by atoms with E-state index in [4.69, 9.17) is 10.5 Å². The van der Waals surface area contributed by atoms with E-state index in [-0.39, 0.29) is 6.04 Å². The van der Waals surface area contributed by atoms with Crippen molar-refractivity contribution >= 4 is 27.3 Å². The van der Waals surface area contributed by atoms with Gasteiger partial charge in [-0.1, -0.05) is 28.1 Å². The Morgan fingerprint density at radius 3 is 2.83 bits per heavy atom. The van der Waals surface area contributed by atoms with Gasteiger partial charge < -0.3 is 10.5 Å². The molecule has 0 aliphatic rings. The van der Waals surface area contributed by atoms with E-state index < -0.39 is 0 Å². The van der Waals surface area contributed by atoms with Gasteiger partial charge in [-0.25, -0.2) is 0 Å². The first-order chi connectivity index (χ1) is 8.66. The van der Waals surface area contributed by atoms with Crippen molar-refractivity contribution in [2.45, 2.75) is 19.4 Å². The molecular formula is C14H16BrNOS. The van der Waals surface area contributed by atoms with Crippen LogP contribution < -0.4 is 10.5 Å². The number of ether oxygens (including phenoxy) is 1. The van der Waals surface area contributed by atoms with Crippen LogP contribution in [0.15, 0.2) is 40.2 Å². The Balaban J connectivity index is 1.92. The Morgan fingerprint density at radius 2 is 2.22 bits per heavy atom. The Hall–Kier alpha value is -0.840. The number of rotatable bonds is 5. The average molecular weight is 326 g/mol. The van der Waals surface area contributed by atoms with Crippen molar-refractivity contribution in [3.8, 4) is 5.75 Å². The number of hydrogen-bond acceptors (Lipinski definition) is 3. The van der Waals surface area contributed by atoms with Gasteiger partial charge in [-0.3, -0.25) is 0 Å². The third kappa shape index (κ3) is 3.57. The Labute approximate surface area is 120 Å². The van der Waals surface area contributed by atoms with E-state index in [0.29, 0.717) is 6.61 Å². The molecule has 1 aromatic carbocycles. The normalized spacial score (nSPS) is 12.4. The quantitative estimate of drug-likeness (QED) is 0.896. The van der Waals surface area contributed by atoms with Gasteiger partial charge in [-0.05, 0) is 36.1 Å². The lowest BCUT2D eigenvalue weighted by Crippen LogP contribution is -2.06. The van der Waals surface area contributed by atoms with Gasteiger partial charge in [0.1, 0.15) is 5.75 Å². The molecule has 0 aliphatic heterocycles. The molecule has 0 spiro atoms. The first kappa shape index (κ1) is 13.6. The van der Waals surface area contributed by atoms with Crippen LogP contribution in [-0.2, 0) is 6.42 Å². The lowest BCUT2D eigenvalue weighted by Gasteiger charge is -2.11. The minimum atomic E-state index is 0.0274. The highest BCUT2D eigenvalue weighted by Gasteiger charge is 2.06. The van der Waals surface area contributed by atoms with Gasteiger partial charge in [0.15, 0.2) is 0 Å². The van der Waals surface area contributed by atoms with Crippen molar-refractivity contribution in [2.24, 2.45) is 5.73 Å². The predicted octanol–water partition coefficient (Wildman–Crippen LogP) is 4.15. The molecule has 2 aromatic rings. The minimum absolute atomic E-state index is 0.0274. The Bertz CT molecular complexity index is 497. The van der Waals surface area contributed by atoms with Crippen molar-refractivity contribution < 1.29 is 4.74 Å². The van der Waals surface area contributed by atoms with Gasteiger partial charge in [-0.15, -0.1) is 11.3 Å². The molecule has 2 N–H and O–H groups in total. The largest absolute Gasteiger partial charge is 0.493 e. The molecule has 1 atom stereocenters. The van der Waals surface area contributed by atoms with Gasteiger partial charge in [0.25, 0.3) is 0 Å². The van der Waals surface area contributed by atoms with E-state index in [1.807, 2.05) is 25.1 Å². The summed E-state index contributed by atoms with van der Waals surface area (Å²) in [4.78, 5) is 1.35. The van der Waals surface area contributed by atoms with Crippen molar-refractivity contribution in [3.05, 3.63) is 50.6 Å². The van der Waals surface area contributed by atoms with Crippen molar-refractivity contribution in [1.29, 1.82) is 0 Å². The van der Waals surface area contributed by atoms with Crippen LogP contribution in [0.25, 0.3) is 0 Å². The molecule has 0 saturated heterocycles. The van der Waals surface area contributed by atoms with Gasteiger partial charge >= 0.3 is 0 Å². The van der Waals surface area contributed by atoms with E-state index >= 15 is 0 Å². The molecule has 1 aromatic heterocycles. The third-order valence-electron chi connectivity index (χ3n) is 2.66. The van der Waals surface area contributed by atoms with Crippen LogP contribution in [0.2, 0.25) is 0 Å². The fourth-order valence-corrected chi connectivity index (χ4v) is 3.10. The van der Waals surface area contributed by atoms with Gasteiger partial charge in [0.05, 0.1) is 6.61 Å². The summed E-state index contributed by atoms with van der Waals surface area (Å²) >= 11 is 5.28. The van der Waals surface area contributed by atoms with Crippen LogP contribution in [0.3, 0.4) is 0 Å². The van der Waals surface area contributed by atoms with Gasteiger partial charge in [0.2, 0.25) is 0 Å². The second-order valence-electron chi connectivity index (χ2n) is 4.15. The van der Waals surface area contributed by atoms with Crippen LogP contribution in [0.5, 0.6) is 5.75 Å². The first-order valence-corrected chi connectivity index (χ1v) is 7.54. The summed E-state index contributed by atoms with van der Waals surface area (Å²) in [5.41, 5.74) is 6.96. The zero-order chi connectivity index (χ0) is 13.0. The molecule has 0 radical (unpaired) electrons. The van der Waals surface area contributed by atoms with Crippen LogP contribution in [0, 0.1) is 0 Å². The molecule has 2 nitrogen and oxygen atoms in total. The molecule has 4 heteroatoms. The fraction of sp³-hybridized carbons (Fsp3) is 0.286. The number of nitrogens with two attached hydrogens (primary N) is 1. The zero-order valence-corrected chi connectivity index (χ0v) is 12.6. The van der Waals surface area contributed by atoms with Crippen molar-refractivity contribution in [1.82, 2.24) is 0 Å². The van der Waals surface area contributed by atoms with Gasteiger partial charge in [-0.2, -0.15) is 0 Å². The maximum absolute atomic E-state index is 5.86. The molecule has 0 aliphatic carbocycles. The average Bonchev–Trinajstić information content (AvgIpc) is 2.81. The van der Waals surface area contributed by atoms with E-state index in [1.54, 1.807) is 11.3 Å². The lowest BCUT2D eigenvalue weighted by atomic mass is 10.1. The van der Waals surface area contributed by atoms with E-state index in [9.17, 15) is 0 Å². The molecule has 0 bridgehead atoms. The lowest BCUT2D eigenvalue weighted by molar-refractivity contribution is 0.322. The van der Waals surface area contributed by atoms with E-state index in [2.05, 4.69) is 33.4 Å². The van der Waals surface area contributed by atoms with E-state index in [1.165, 1.54) is 4.88 Å². The van der Waals surface area contributed by atoms with Crippen molar-refractivity contribution in [2.75, 3.05) is 6.61 Å². The fourth-order valence-electron chi connectivity index (χ4n) is 1.69. The summed E-state index contributed by atoms with van der Waals surface area (Å²) in [5, 5.41) is 2.09. The summed E-state index contributed by atoms with van der Waals surface area (Å²) in [6, 6.07) is 10.2. The Morgan fingerprint density at radius 1 is 1.39 bits per heavy atom. The monoisotopic (exact) mass is 325 g/mol. The second-order valence-corrected chi connectivity index (χ2v) is 6.04. The second kappa shape index (κ2) is 6.36. The molecule has 1 heterocycles. The highest BCUT2D eigenvalue weighted by Crippen LogP contribution is 2.26. The SMILES string of the molecule is CC(N)c1ccc(OCCc2cccs2)cc1Br. The zero-order valence-electron chi connectivity index (χ0n) is 10.2. The summed E-state index contributed by atoms with van der Waals surface area (Å²) in [5.74, 6) is 0.878. The third-order valence-corrected chi connectivity index (χ3v) is 4.28. The topological polar surface area (TPSA) is 35.2 Å². The predicted molar refractivity (Wildman–Crippen MR) is 80.3 cm³/mol. The highest BCUT2D eigenvalue weighted by atomic mass is 79.9. The number of hydrogen-bond donors (Lipinski definition) is 1. The molecule has 0 amide bonds. The van der Waals surface area contributed by atoms with Crippen LogP contribution in [0.1, 0.15) is 23.4 Å². The summed E-state index contributed by atoms with van der Waals surface area (Å²) < 4.78 is 6.74. The summed E-state index contributed by atoms with van der Waals surface area (Å²) in [6.45, 7) is 2.67. The summed E-state index contributed by atoms with van der Waals surface area (Å²) in [6.07, 6.45) is 0.949. The molecule has 0 saturated carbocycles. The van der Waals surface area contributed by atoms with Gasteiger partial charge in [0, 0.05) is 21.8 Å². The maximum Gasteiger partial charge on any atom is 0.120 e. The first-order valence-electron chi connectivity index (χ1n) is 5.87. The molecule has 96 valence electrons. The van der Waals surface area contributed by atoms with E-state index in [0.717, 1.165) is 22.2 Å². The number of benzene rings is 1. The van der Waals surface area contributed by atoms with Crippen molar-refractivity contribution in [3.63, 3.8) is 0 Å². The molecule has 1 unspecified atom stereocenters. The molecule has 2 rings (SSSR count). The molecule has 0 fully saturated rings. The minimum Gasteiger partial charge on any atom is -0.493 e. The number of thiophene rings is 1. The number of halogens is 1. The molecule has 18 heavy (non-hydrogen) atoms. The molecular weight excluding hydrogens is 310 g/mol. The Kier molecular flexibility index (Phi) is 4.80. The van der Waals surface area contributed by atoms with Crippen LogP contribution in [-0.4, -0.2) is 6.61 Å². The standard InChI is InChI=1S/C14H16BrNOS/c1-10(16)13-5-4-11(9-14(13)15)17-7-6-12-3-2-8-18-12/h2-5,8-10H,6-7,16H2,1H3. The summed E-state index contributed by atoms with van der Waals surface area (Å²) in [7, 11) is 0.